The molecule has 0 aliphatic carbocycles. The number of H-pyrrole nitrogens is 1. The minimum atomic E-state index is -0.533. The van der Waals surface area contributed by atoms with Gasteiger partial charge < -0.3 is 9.32 Å². The largest absolute Gasteiger partial charge is 0.420 e. The molecule has 3 aromatic heterocycles. The number of likely N-dealkylation sites (tertiary alicyclic amines) is 1. The van der Waals surface area contributed by atoms with Crippen molar-refractivity contribution < 1.29 is 9.21 Å². The van der Waals surface area contributed by atoms with E-state index in [4.69, 9.17) is 4.42 Å². The van der Waals surface area contributed by atoms with E-state index in [1.54, 1.807) is 30.0 Å². The molecule has 30 heavy (non-hydrogen) atoms. The molecule has 0 radical (unpaired) electrons. The molecule has 4 heterocycles. The van der Waals surface area contributed by atoms with E-state index in [1.807, 2.05) is 12.1 Å². The second-order valence-corrected chi connectivity index (χ2v) is 7.74. The first-order valence-electron chi connectivity index (χ1n) is 9.95. The Labute approximate surface area is 170 Å². The number of aryl methyl sites for hydroxylation is 1. The molecule has 5 rings (SSSR count). The first kappa shape index (κ1) is 18.4. The van der Waals surface area contributed by atoms with Crippen molar-refractivity contribution in [3.63, 3.8) is 0 Å². The Hall–Kier alpha value is -3.62. The molecule has 0 saturated carbocycles. The number of carbonyl (C=O) groups excluding carboxylic acids is 1. The summed E-state index contributed by atoms with van der Waals surface area (Å²) in [7, 11) is 0. The molecule has 1 aliphatic rings. The minimum Gasteiger partial charge on any atom is -0.408 e. The van der Waals surface area contributed by atoms with E-state index in [9.17, 15) is 14.4 Å². The monoisotopic (exact) mass is 407 g/mol. The molecular weight excluding hydrogens is 386 g/mol. The van der Waals surface area contributed by atoms with Crippen molar-refractivity contribution in [2.75, 3.05) is 13.1 Å². The fourth-order valence-electron chi connectivity index (χ4n) is 4.19. The number of benzene rings is 1. The molecule has 1 aromatic carbocycles. The third-order valence-electron chi connectivity index (χ3n) is 5.68. The summed E-state index contributed by atoms with van der Waals surface area (Å²) in [6.45, 7) is 2.88. The molecule has 1 saturated heterocycles. The van der Waals surface area contributed by atoms with Gasteiger partial charge in [0.2, 0.25) is 5.91 Å². The average molecular weight is 407 g/mol. The number of piperidine rings is 1. The lowest BCUT2D eigenvalue weighted by atomic mass is 9.95. The number of aromatic nitrogens is 4. The van der Waals surface area contributed by atoms with Crippen LogP contribution >= 0.6 is 0 Å². The van der Waals surface area contributed by atoms with Gasteiger partial charge in [0.05, 0.1) is 5.52 Å². The number of nitrogens with zero attached hydrogens (tertiary/aromatic N) is 4. The third-order valence-corrected chi connectivity index (χ3v) is 5.68. The second kappa shape index (κ2) is 7.01. The fourth-order valence-corrected chi connectivity index (χ4v) is 4.19. The van der Waals surface area contributed by atoms with E-state index >= 15 is 0 Å². The normalized spacial score (nSPS) is 17.1. The highest BCUT2D eigenvalue weighted by molar-refractivity contribution is 5.79. The number of para-hydroxylation sites is 2. The van der Waals surface area contributed by atoms with Crippen molar-refractivity contribution in [1.29, 1.82) is 0 Å². The number of oxazole rings is 1. The highest BCUT2D eigenvalue weighted by Gasteiger charge is 2.27. The van der Waals surface area contributed by atoms with Crippen LogP contribution in [-0.4, -0.2) is 43.1 Å². The molecule has 9 nitrogen and oxygen atoms in total. The molecule has 1 amide bonds. The highest BCUT2D eigenvalue weighted by atomic mass is 16.4. The average Bonchev–Trinajstić information content (AvgIpc) is 3.29. The van der Waals surface area contributed by atoms with E-state index < -0.39 is 5.76 Å². The maximum atomic E-state index is 13.0. The Morgan fingerprint density at radius 1 is 1.27 bits per heavy atom. The van der Waals surface area contributed by atoms with Crippen LogP contribution in [0.3, 0.4) is 0 Å². The van der Waals surface area contributed by atoms with Gasteiger partial charge in [-0.15, -0.1) is 0 Å². The molecule has 4 aromatic rings. The summed E-state index contributed by atoms with van der Waals surface area (Å²) in [5.74, 6) is -0.591. The van der Waals surface area contributed by atoms with Gasteiger partial charge in [-0.1, -0.05) is 12.1 Å². The molecule has 1 atom stereocenters. The van der Waals surface area contributed by atoms with Crippen LogP contribution in [0.25, 0.3) is 16.7 Å². The number of rotatable bonds is 3. The summed E-state index contributed by atoms with van der Waals surface area (Å²) in [5, 5.41) is 3.13. The lowest BCUT2D eigenvalue weighted by molar-refractivity contribution is -0.133. The predicted octanol–water partition coefficient (Wildman–Crippen LogP) is 1.65. The SMILES string of the molecule is Cc1cc(=O)n2[nH]c(C3CCCN(C(=O)Cn4c(=O)oc5ccccc54)C3)cc2n1. The first-order chi connectivity index (χ1) is 14.5. The van der Waals surface area contributed by atoms with Crippen molar-refractivity contribution in [1.82, 2.24) is 24.1 Å². The number of aromatic amines is 1. The zero-order chi connectivity index (χ0) is 20.8. The van der Waals surface area contributed by atoms with Crippen LogP contribution in [0, 0.1) is 6.92 Å². The van der Waals surface area contributed by atoms with Gasteiger partial charge in [0.15, 0.2) is 11.2 Å². The van der Waals surface area contributed by atoms with Gasteiger partial charge >= 0.3 is 5.76 Å². The number of carbonyl (C=O) groups is 1. The molecule has 1 N–H and O–H groups in total. The molecular formula is C21H21N5O4. The number of nitrogens with one attached hydrogen (secondary N) is 1. The summed E-state index contributed by atoms with van der Waals surface area (Å²) in [5.41, 5.74) is 3.06. The first-order valence-corrected chi connectivity index (χ1v) is 9.95. The van der Waals surface area contributed by atoms with Gasteiger partial charge in [0, 0.05) is 42.5 Å². The van der Waals surface area contributed by atoms with E-state index in [0.717, 1.165) is 18.5 Å². The summed E-state index contributed by atoms with van der Waals surface area (Å²) in [6, 6.07) is 10.4. The standard InChI is InChI=1S/C21H21N5O4/c1-13-9-19(27)26-18(22-13)10-15(23-26)14-5-4-8-24(11-14)20(28)12-25-16-6-2-3-7-17(16)30-21(25)29/h2-3,6-7,9-10,14,23H,4-5,8,11-12H2,1H3. The Balaban J connectivity index is 1.38. The van der Waals surface area contributed by atoms with Crippen molar-refractivity contribution in [2.24, 2.45) is 0 Å². The smallest absolute Gasteiger partial charge is 0.408 e. The fraction of sp³-hybridized carbons (Fsp3) is 0.333. The van der Waals surface area contributed by atoms with Crippen molar-refractivity contribution in [3.05, 3.63) is 68.7 Å². The van der Waals surface area contributed by atoms with Crippen LogP contribution < -0.4 is 11.3 Å². The molecule has 0 bridgehead atoms. The summed E-state index contributed by atoms with van der Waals surface area (Å²) < 4.78 is 8.03. The lowest BCUT2D eigenvalue weighted by Crippen LogP contribution is -2.41. The molecule has 1 aliphatic heterocycles. The van der Waals surface area contributed by atoms with Crippen LogP contribution in [0.5, 0.6) is 0 Å². The van der Waals surface area contributed by atoms with Crippen molar-refractivity contribution in [2.45, 2.75) is 32.2 Å². The Bertz CT molecular complexity index is 1380. The number of hydrogen-bond acceptors (Lipinski definition) is 5. The molecule has 154 valence electrons. The van der Waals surface area contributed by atoms with Gasteiger partial charge in [-0.2, -0.15) is 0 Å². The maximum absolute atomic E-state index is 13.0. The molecule has 0 spiro atoms. The Kier molecular flexibility index (Phi) is 4.30. The summed E-state index contributed by atoms with van der Waals surface area (Å²) in [6.07, 6.45) is 1.74. The van der Waals surface area contributed by atoms with Gasteiger partial charge in [-0.05, 0) is 31.9 Å². The summed E-state index contributed by atoms with van der Waals surface area (Å²) >= 11 is 0. The van der Waals surface area contributed by atoms with Crippen LogP contribution in [0.2, 0.25) is 0 Å². The number of fused-ring (bicyclic) bond motifs is 2. The Morgan fingerprint density at radius 3 is 2.97 bits per heavy atom. The van der Waals surface area contributed by atoms with Crippen molar-refractivity contribution >= 4 is 22.7 Å². The predicted molar refractivity (Wildman–Crippen MR) is 110 cm³/mol. The quantitative estimate of drug-likeness (QED) is 0.556. The zero-order valence-electron chi connectivity index (χ0n) is 16.5. The van der Waals surface area contributed by atoms with Crippen LogP contribution in [0.1, 0.15) is 30.1 Å². The van der Waals surface area contributed by atoms with Crippen molar-refractivity contribution in [3.8, 4) is 0 Å². The zero-order valence-corrected chi connectivity index (χ0v) is 16.5. The van der Waals surface area contributed by atoms with Crippen LogP contribution in [-0.2, 0) is 11.3 Å². The van der Waals surface area contributed by atoms with Gasteiger partial charge in [-0.3, -0.25) is 19.3 Å². The van der Waals surface area contributed by atoms with E-state index in [0.29, 0.717) is 35.5 Å². The molecule has 1 unspecified atom stereocenters. The minimum absolute atomic E-state index is 0.0600. The third kappa shape index (κ3) is 3.12. The topological polar surface area (TPSA) is 106 Å². The van der Waals surface area contributed by atoms with E-state index in [-0.39, 0.29) is 23.9 Å². The van der Waals surface area contributed by atoms with Gasteiger partial charge in [0.1, 0.15) is 6.54 Å². The maximum Gasteiger partial charge on any atom is 0.420 e. The summed E-state index contributed by atoms with van der Waals surface area (Å²) in [4.78, 5) is 43.5. The molecule has 1 fully saturated rings. The number of hydrogen-bond donors (Lipinski definition) is 1. The van der Waals surface area contributed by atoms with Gasteiger partial charge in [0.25, 0.3) is 5.56 Å². The van der Waals surface area contributed by atoms with E-state index in [1.165, 1.54) is 15.1 Å². The highest BCUT2D eigenvalue weighted by Crippen LogP contribution is 2.26. The molecule has 9 heteroatoms. The lowest BCUT2D eigenvalue weighted by Gasteiger charge is -2.32. The Morgan fingerprint density at radius 2 is 2.10 bits per heavy atom. The van der Waals surface area contributed by atoms with Crippen LogP contribution in [0.15, 0.2) is 50.4 Å². The second-order valence-electron chi connectivity index (χ2n) is 7.74. The van der Waals surface area contributed by atoms with Gasteiger partial charge in [-0.25, -0.2) is 14.3 Å². The van der Waals surface area contributed by atoms with Crippen LogP contribution in [0.4, 0.5) is 0 Å². The number of amides is 1. The van der Waals surface area contributed by atoms with E-state index in [2.05, 4.69) is 10.1 Å².